The molecule has 0 aliphatic rings. The van der Waals surface area contributed by atoms with Crippen LogP contribution in [-0.2, 0) is 4.79 Å². The van der Waals surface area contributed by atoms with E-state index in [4.69, 9.17) is 5.73 Å². The number of para-hydroxylation sites is 1. The predicted octanol–water partition coefficient (Wildman–Crippen LogP) is 0.173. The topological polar surface area (TPSA) is 67.1 Å². The van der Waals surface area contributed by atoms with Crippen LogP contribution in [0.4, 0.5) is 5.69 Å². The maximum atomic E-state index is 11.3. The number of benzene rings is 1. The summed E-state index contributed by atoms with van der Waals surface area (Å²) in [7, 11) is 0. The summed E-state index contributed by atoms with van der Waals surface area (Å²) in [6.45, 7) is 1.49. The highest BCUT2D eigenvalue weighted by Gasteiger charge is 1.99. The van der Waals surface area contributed by atoms with E-state index in [1.165, 1.54) is 0 Å². The molecule has 1 aromatic carbocycles. The summed E-state index contributed by atoms with van der Waals surface area (Å²) >= 11 is 0. The summed E-state index contributed by atoms with van der Waals surface area (Å²) in [4.78, 5) is 11.3. The Hall–Kier alpha value is -1.39. The third-order valence-corrected chi connectivity index (χ3v) is 1.66. The van der Waals surface area contributed by atoms with Crippen LogP contribution in [0.1, 0.15) is 0 Å². The van der Waals surface area contributed by atoms with Gasteiger partial charge in [-0.25, -0.2) is 0 Å². The molecule has 1 rings (SSSR count). The van der Waals surface area contributed by atoms with Crippen LogP contribution in [0.5, 0.6) is 0 Å². The monoisotopic (exact) mass is 193 g/mol. The SMILES string of the molecule is NCCNCC(=O)Nc1ccccc1. The molecule has 0 fully saturated rings. The quantitative estimate of drug-likeness (QED) is 0.584. The third kappa shape index (κ3) is 4.02. The summed E-state index contributed by atoms with van der Waals surface area (Å²) in [5.41, 5.74) is 6.09. The van der Waals surface area contributed by atoms with Gasteiger partial charge >= 0.3 is 0 Å². The fourth-order valence-corrected chi connectivity index (χ4v) is 1.03. The predicted molar refractivity (Wildman–Crippen MR) is 57.0 cm³/mol. The maximum absolute atomic E-state index is 11.3. The van der Waals surface area contributed by atoms with Crippen molar-refractivity contribution in [3.05, 3.63) is 30.3 Å². The van der Waals surface area contributed by atoms with Crippen molar-refractivity contribution in [2.24, 2.45) is 5.73 Å². The lowest BCUT2D eigenvalue weighted by Crippen LogP contribution is -2.31. The summed E-state index contributed by atoms with van der Waals surface area (Å²) < 4.78 is 0. The summed E-state index contributed by atoms with van der Waals surface area (Å²) in [5, 5.41) is 5.68. The van der Waals surface area contributed by atoms with Crippen LogP contribution in [0.3, 0.4) is 0 Å². The first kappa shape index (κ1) is 10.7. The van der Waals surface area contributed by atoms with Crippen LogP contribution in [0.15, 0.2) is 30.3 Å². The molecule has 0 aliphatic carbocycles. The average Bonchev–Trinajstić information content (AvgIpc) is 2.20. The second-order valence-corrected chi connectivity index (χ2v) is 2.88. The van der Waals surface area contributed by atoms with Gasteiger partial charge in [0.15, 0.2) is 0 Å². The molecular weight excluding hydrogens is 178 g/mol. The Bertz CT molecular complexity index is 274. The smallest absolute Gasteiger partial charge is 0.238 e. The van der Waals surface area contributed by atoms with Crippen LogP contribution in [0.25, 0.3) is 0 Å². The van der Waals surface area contributed by atoms with Crippen molar-refractivity contribution >= 4 is 11.6 Å². The molecule has 1 amide bonds. The van der Waals surface area contributed by atoms with E-state index in [0.29, 0.717) is 19.6 Å². The lowest BCUT2D eigenvalue weighted by molar-refractivity contribution is -0.115. The highest BCUT2D eigenvalue weighted by atomic mass is 16.1. The van der Waals surface area contributed by atoms with Gasteiger partial charge in [0.1, 0.15) is 0 Å². The van der Waals surface area contributed by atoms with E-state index in [9.17, 15) is 4.79 Å². The molecule has 1 aromatic rings. The van der Waals surface area contributed by atoms with Crippen LogP contribution in [0.2, 0.25) is 0 Å². The third-order valence-electron chi connectivity index (χ3n) is 1.66. The van der Waals surface area contributed by atoms with Crippen molar-refractivity contribution < 1.29 is 4.79 Å². The molecule has 76 valence electrons. The lowest BCUT2D eigenvalue weighted by Gasteiger charge is -2.05. The fraction of sp³-hybridized carbons (Fsp3) is 0.300. The first-order valence-electron chi connectivity index (χ1n) is 4.58. The van der Waals surface area contributed by atoms with Crippen molar-refractivity contribution in [1.82, 2.24) is 5.32 Å². The number of anilines is 1. The van der Waals surface area contributed by atoms with Crippen LogP contribution >= 0.6 is 0 Å². The van der Waals surface area contributed by atoms with Crippen LogP contribution < -0.4 is 16.4 Å². The maximum Gasteiger partial charge on any atom is 0.238 e. The standard InChI is InChI=1S/C10H15N3O/c11-6-7-12-8-10(14)13-9-4-2-1-3-5-9/h1-5,12H,6-8,11H2,(H,13,14). The van der Waals surface area contributed by atoms with Crippen molar-refractivity contribution in [2.45, 2.75) is 0 Å². The number of rotatable bonds is 5. The number of nitrogens with one attached hydrogen (secondary N) is 2. The highest BCUT2D eigenvalue weighted by Crippen LogP contribution is 2.03. The Balaban J connectivity index is 2.27. The van der Waals surface area contributed by atoms with Crippen molar-refractivity contribution in [1.29, 1.82) is 0 Å². The van der Waals surface area contributed by atoms with Gasteiger partial charge in [0.05, 0.1) is 6.54 Å². The minimum absolute atomic E-state index is 0.0512. The molecule has 0 bridgehead atoms. The molecule has 0 unspecified atom stereocenters. The van der Waals surface area contributed by atoms with Gasteiger partial charge in [0.25, 0.3) is 0 Å². The number of hydrogen-bond donors (Lipinski definition) is 3. The Morgan fingerprint density at radius 3 is 2.64 bits per heavy atom. The summed E-state index contributed by atoms with van der Waals surface area (Å²) in [6, 6.07) is 9.36. The Kier molecular flexibility index (Phi) is 4.68. The molecule has 0 spiro atoms. The minimum atomic E-state index is -0.0512. The number of carbonyl (C=O) groups excluding carboxylic acids is 1. The first-order chi connectivity index (χ1) is 6.83. The molecule has 4 nitrogen and oxygen atoms in total. The van der Waals surface area contributed by atoms with Gasteiger partial charge in [0.2, 0.25) is 5.91 Å². The number of amides is 1. The van der Waals surface area contributed by atoms with Gasteiger partial charge in [-0.05, 0) is 12.1 Å². The van der Waals surface area contributed by atoms with Gasteiger partial charge in [0, 0.05) is 18.8 Å². The molecular formula is C10H15N3O. The normalized spacial score (nSPS) is 9.79. The van der Waals surface area contributed by atoms with Gasteiger partial charge in [-0.15, -0.1) is 0 Å². The van der Waals surface area contributed by atoms with E-state index in [1.54, 1.807) is 0 Å². The average molecular weight is 193 g/mol. The van der Waals surface area contributed by atoms with E-state index in [0.717, 1.165) is 5.69 Å². The second kappa shape index (κ2) is 6.12. The van der Waals surface area contributed by atoms with E-state index < -0.39 is 0 Å². The molecule has 0 heterocycles. The Morgan fingerprint density at radius 1 is 1.29 bits per heavy atom. The Morgan fingerprint density at radius 2 is 2.00 bits per heavy atom. The molecule has 0 radical (unpaired) electrons. The van der Waals surface area contributed by atoms with Crippen molar-refractivity contribution in [3.63, 3.8) is 0 Å². The largest absolute Gasteiger partial charge is 0.329 e. The minimum Gasteiger partial charge on any atom is -0.329 e. The number of nitrogens with two attached hydrogens (primary N) is 1. The van der Waals surface area contributed by atoms with Gasteiger partial charge in [-0.3, -0.25) is 4.79 Å². The van der Waals surface area contributed by atoms with E-state index >= 15 is 0 Å². The lowest BCUT2D eigenvalue weighted by atomic mass is 10.3. The van der Waals surface area contributed by atoms with Gasteiger partial charge in [-0.1, -0.05) is 18.2 Å². The molecule has 0 saturated carbocycles. The zero-order chi connectivity index (χ0) is 10.2. The van der Waals surface area contributed by atoms with Crippen molar-refractivity contribution in [3.8, 4) is 0 Å². The zero-order valence-electron chi connectivity index (χ0n) is 7.99. The Labute approximate surface area is 83.5 Å². The number of hydrogen-bond acceptors (Lipinski definition) is 3. The number of carbonyl (C=O) groups is 1. The van der Waals surface area contributed by atoms with Gasteiger partial charge < -0.3 is 16.4 Å². The molecule has 0 atom stereocenters. The fourth-order valence-electron chi connectivity index (χ4n) is 1.03. The first-order valence-corrected chi connectivity index (χ1v) is 4.58. The zero-order valence-corrected chi connectivity index (χ0v) is 7.99. The summed E-state index contributed by atoms with van der Waals surface area (Å²) in [5.74, 6) is -0.0512. The molecule has 0 aromatic heterocycles. The second-order valence-electron chi connectivity index (χ2n) is 2.88. The van der Waals surface area contributed by atoms with Gasteiger partial charge in [-0.2, -0.15) is 0 Å². The van der Waals surface area contributed by atoms with Crippen LogP contribution in [0, 0.1) is 0 Å². The molecule has 0 aliphatic heterocycles. The van der Waals surface area contributed by atoms with E-state index in [2.05, 4.69) is 10.6 Å². The van der Waals surface area contributed by atoms with Crippen molar-refractivity contribution in [2.75, 3.05) is 25.0 Å². The molecule has 4 heteroatoms. The summed E-state index contributed by atoms with van der Waals surface area (Å²) in [6.07, 6.45) is 0. The molecule has 14 heavy (non-hydrogen) atoms. The van der Waals surface area contributed by atoms with Crippen LogP contribution in [-0.4, -0.2) is 25.5 Å². The van der Waals surface area contributed by atoms with E-state index in [-0.39, 0.29) is 5.91 Å². The molecule has 4 N–H and O–H groups in total. The van der Waals surface area contributed by atoms with E-state index in [1.807, 2.05) is 30.3 Å². The molecule has 0 saturated heterocycles. The highest BCUT2D eigenvalue weighted by molar-refractivity contribution is 5.92.